The van der Waals surface area contributed by atoms with Crippen molar-refractivity contribution in [2.75, 3.05) is 40.5 Å². The van der Waals surface area contributed by atoms with Crippen LogP contribution >= 0.6 is 12.2 Å². The van der Waals surface area contributed by atoms with Crippen LogP contribution in [0.5, 0.6) is 0 Å². The first kappa shape index (κ1) is 18.3. The summed E-state index contributed by atoms with van der Waals surface area (Å²) in [6.07, 6.45) is -0.00542. The Labute approximate surface area is 122 Å². The number of hydrogen-bond acceptors (Lipinski definition) is 6. The molecule has 0 radical (unpaired) electrons. The molecule has 0 bridgehead atoms. The Balaban J connectivity index is 4.49. The topological polar surface area (TPSA) is 111 Å². The highest BCUT2D eigenvalue weighted by Gasteiger charge is 2.22. The summed E-state index contributed by atoms with van der Waals surface area (Å²) in [7, 11) is 2.72. The van der Waals surface area contributed by atoms with Gasteiger partial charge in [-0.2, -0.15) is 0 Å². The highest BCUT2D eigenvalue weighted by molar-refractivity contribution is 7.80. The summed E-state index contributed by atoms with van der Waals surface area (Å²) in [4.78, 5) is 35.8. The molecule has 8 nitrogen and oxygen atoms in total. The number of esters is 1. The van der Waals surface area contributed by atoms with Crippen LogP contribution in [0.4, 0.5) is 0 Å². The van der Waals surface area contributed by atoms with Crippen LogP contribution in [0.15, 0.2) is 0 Å². The van der Waals surface area contributed by atoms with Crippen molar-refractivity contribution in [1.29, 1.82) is 0 Å². The lowest BCUT2D eigenvalue weighted by molar-refractivity contribution is -0.147. The van der Waals surface area contributed by atoms with Gasteiger partial charge in [0.15, 0.2) is 0 Å². The molecule has 0 fully saturated rings. The normalized spacial score (nSPS) is 9.70. The lowest BCUT2D eigenvalue weighted by atomic mass is 10.3. The second-order valence-corrected chi connectivity index (χ2v) is 4.28. The number of hydrogen-bond donors (Lipinski definition) is 2. The second kappa shape index (κ2) is 10.1. The number of methoxy groups -OCH3 is 2. The Morgan fingerprint density at radius 2 is 1.90 bits per heavy atom. The van der Waals surface area contributed by atoms with E-state index in [0.29, 0.717) is 0 Å². The zero-order valence-electron chi connectivity index (χ0n) is 11.5. The number of nitrogens with two attached hydrogens (primary N) is 1. The minimum absolute atomic E-state index is 0.00542. The summed E-state index contributed by atoms with van der Waals surface area (Å²) in [5, 5.41) is 2.29. The first-order chi connectivity index (χ1) is 9.42. The minimum atomic E-state index is -0.834. The molecule has 0 saturated heterocycles. The zero-order chi connectivity index (χ0) is 15.5. The Kier molecular flexibility index (Phi) is 9.22. The molecule has 0 aliphatic rings. The molecule has 0 aromatic carbocycles. The summed E-state index contributed by atoms with van der Waals surface area (Å²) in [6.45, 7) is 0.437. The predicted molar refractivity (Wildman–Crippen MR) is 74.9 cm³/mol. The third kappa shape index (κ3) is 7.64. The van der Waals surface area contributed by atoms with Gasteiger partial charge in [-0.15, -0.1) is 0 Å². The van der Waals surface area contributed by atoms with Crippen molar-refractivity contribution in [1.82, 2.24) is 10.2 Å². The van der Waals surface area contributed by atoms with E-state index in [4.69, 9.17) is 10.5 Å². The highest BCUT2D eigenvalue weighted by atomic mass is 32.1. The van der Waals surface area contributed by atoms with E-state index in [0.717, 1.165) is 0 Å². The van der Waals surface area contributed by atoms with Crippen LogP contribution in [0, 0.1) is 0 Å². The number of carbonyl (C=O) groups excluding carboxylic acids is 3. The molecule has 114 valence electrons. The highest BCUT2D eigenvalue weighted by Crippen LogP contribution is 1.96. The molecule has 20 heavy (non-hydrogen) atoms. The fourth-order valence-electron chi connectivity index (χ4n) is 1.23. The second-order valence-electron chi connectivity index (χ2n) is 3.76. The molecule has 0 heterocycles. The van der Waals surface area contributed by atoms with Crippen LogP contribution < -0.4 is 11.1 Å². The van der Waals surface area contributed by atoms with Crippen molar-refractivity contribution in [2.45, 2.75) is 6.42 Å². The van der Waals surface area contributed by atoms with Gasteiger partial charge in [0.2, 0.25) is 0 Å². The molecule has 2 amide bonds. The molecular formula is C11H19N3O5S. The molecule has 0 atom stereocenters. The monoisotopic (exact) mass is 305 g/mol. The summed E-state index contributed by atoms with van der Waals surface area (Å²) in [6, 6.07) is 0. The SMILES string of the molecule is COCCN(CCC(=O)OC)C(=O)C(=O)NCC(N)=S. The van der Waals surface area contributed by atoms with Gasteiger partial charge in [0.1, 0.15) is 0 Å². The molecule has 0 aliphatic heterocycles. The average molecular weight is 305 g/mol. The Hall–Kier alpha value is -1.74. The minimum Gasteiger partial charge on any atom is -0.469 e. The van der Waals surface area contributed by atoms with E-state index in [1.54, 1.807) is 0 Å². The van der Waals surface area contributed by atoms with Gasteiger partial charge in [-0.1, -0.05) is 12.2 Å². The maximum atomic E-state index is 11.9. The molecule has 0 aromatic heterocycles. The molecular weight excluding hydrogens is 286 g/mol. The van der Waals surface area contributed by atoms with E-state index >= 15 is 0 Å². The maximum absolute atomic E-state index is 11.9. The van der Waals surface area contributed by atoms with Crippen LogP contribution in [0.3, 0.4) is 0 Å². The first-order valence-electron chi connectivity index (χ1n) is 5.83. The number of rotatable bonds is 8. The zero-order valence-corrected chi connectivity index (χ0v) is 12.3. The summed E-state index contributed by atoms with van der Waals surface area (Å²) < 4.78 is 9.33. The molecule has 0 aromatic rings. The van der Waals surface area contributed by atoms with E-state index in [1.807, 2.05) is 0 Å². The molecule has 0 aliphatic carbocycles. The number of nitrogens with zero attached hydrogens (tertiary/aromatic N) is 1. The Morgan fingerprint density at radius 3 is 2.40 bits per heavy atom. The van der Waals surface area contributed by atoms with Gasteiger partial charge in [-0.05, 0) is 0 Å². The van der Waals surface area contributed by atoms with Crippen molar-refractivity contribution in [3.05, 3.63) is 0 Å². The van der Waals surface area contributed by atoms with E-state index in [2.05, 4.69) is 22.3 Å². The van der Waals surface area contributed by atoms with Crippen LogP contribution in [0.1, 0.15) is 6.42 Å². The van der Waals surface area contributed by atoms with Crippen molar-refractivity contribution >= 4 is 35.0 Å². The third-order valence-corrected chi connectivity index (χ3v) is 2.43. The quantitative estimate of drug-likeness (QED) is 0.316. The van der Waals surface area contributed by atoms with Gasteiger partial charge in [0.25, 0.3) is 0 Å². The first-order valence-corrected chi connectivity index (χ1v) is 6.24. The summed E-state index contributed by atoms with van der Waals surface area (Å²) in [5.41, 5.74) is 5.22. The Morgan fingerprint density at radius 1 is 1.25 bits per heavy atom. The summed E-state index contributed by atoms with van der Waals surface area (Å²) in [5.74, 6) is -2.08. The number of nitrogens with one attached hydrogen (secondary N) is 1. The summed E-state index contributed by atoms with van der Waals surface area (Å²) >= 11 is 4.59. The van der Waals surface area contributed by atoms with Gasteiger partial charge in [-0.3, -0.25) is 14.4 Å². The predicted octanol–water partition coefficient (Wildman–Crippen LogP) is -1.57. The van der Waals surface area contributed by atoms with E-state index in [1.165, 1.54) is 19.1 Å². The lowest BCUT2D eigenvalue weighted by Crippen LogP contribution is -2.46. The standard InChI is InChI=1S/C11H19N3O5S/c1-18-6-5-14(4-3-9(15)19-2)11(17)10(16)13-7-8(12)20/h3-7H2,1-2H3,(H2,12,20)(H,13,16). The molecule has 0 rings (SSSR count). The third-order valence-electron chi connectivity index (χ3n) is 2.28. The van der Waals surface area contributed by atoms with Gasteiger partial charge in [0, 0.05) is 20.2 Å². The number of ether oxygens (including phenoxy) is 2. The van der Waals surface area contributed by atoms with Gasteiger partial charge in [-0.25, -0.2) is 0 Å². The molecule has 0 saturated carbocycles. The largest absolute Gasteiger partial charge is 0.469 e. The van der Waals surface area contributed by atoms with Crippen molar-refractivity contribution < 1.29 is 23.9 Å². The fraction of sp³-hybridized carbons (Fsp3) is 0.636. The van der Waals surface area contributed by atoms with E-state index in [-0.39, 0.29) is 37.7 Å². The van der Waals surface area contributed by atoms with Crippen molar-refractivity contribution in [3.8, 4) is 0 Å². The molecule has 3 N–H and O–H groups in total. The number of thiocarbonyl (C=S) groups is 1. The average Bonchev–Trinajstić information content (AvgIpc) is 2.43. The van der Waals surface area contributed by atoms with Crippen LogP contribution in [-0.2, 0) is 23.9 Å². The maximum Gasteiger partial charge on any atom is 0.311 e. The van der Waals surface area contributed by atoms with Crippen LogP contribution in [-0.4, -0.2) is 68.1 Å². The van der Waals surface area contributed by atoms with Crippen LogP contribution in [0.25, 0.3) is 0 Å². The van der Waals surface area contributed by atoms with E-state index in [9.17, 15) is 14.4 Å². The molecule has 9 heteroatoms. The van der Waals surface area contributed by atoms with Gasteiger partial charge < -0.3 is 25.4 Å². The fourth-order valence-corrected chi connectivity index (χ4v) is 1.30. The number of amides is 2. The van der Waals surface area contributed by atoms with Crippen molar-refractivity contribution in [3.63, 3.8) is 0 Å². The number of carbonyl (C=O) groups is 3. The van der Waals surface area contributed by atoms with Crippen molar-refractivity contribution in [2.24, 2.45) is 5.73 Å². The van der Waals surface area contributed by atoms with Gasteiger partial charge >= 0.3 is 17.8 Å². The smallest absolute Gasteiger partial charge is 0.311 e. The van der Waals surface area contributed by atoms with E-state index < -0.39 is 17.8 Å². The Bertz CT molecular complexity index is 375. The molecule has 0 spiro atoms. The van der Waals surface area contributed by atoms with Gasteiger partial charge in [0.05, 0.1) is 31.7 Å². The molecule has 0 unspecified atom stereocenters. The lowest BCUT2D eigenvalue weighted by Gasteiger charge is -2.21. The van der Waals surface area contributed by atoms with Crippen LogP contribution in [0.2, 0.25) is 0 Å².